The summed E-state index contributed by atoms with van der Waals surface area (Å²) in [6.07, 6.45) is 2.46. The van der Waals surface area contributed by atoms with Crippen LogP contribution in [0.25, 0.3) is 0 Å². The van der Waals surface area contributed by atoms with E-state index in [0.717, 1.165) is 0 Å². The van der Waals surface area contributed by atoms with Crippen molar-refractivity contribution in [1.82, 2.24) is 0 Å². The molecule has 0 bridgehead atoms. The normalized spacial score (nSPS) is 48.5. The van der Waals surface area contributed by atoms with Gasteiger partial charge in [-0.3, -0.25) is 0 Å². The maximum absolute atomic E-state index is 4.34. The van der Waals surface area contributed by atoms with Gasteiger partial charge in [0.2, 0.25) is 0 Å². The Labute approximate surface area is 113 Å². The van der Waals surface area contributed by atoms with E-state index in [2.05, 4.69) is 57.1 Å². The average molecular weight is 293 g/mol. The van der Waals surface area contributed by atoms with Gasteiger partial charge in [-0.2, -0.15) is 0 Å². The molecule has 0 N–H and O–H groups in total. The zero-order valence-electron chi connectivity index (χ0n) is 11.5. The molecular formula is C16H21Br. The molecule has 1 fully saturated rings. The number of halogens is 1. The van der Waals surface area contributed by atoms with Gasteiger partial charge in [0.25, 0.3) is 0 Å². The second-order valence-electron chi connectivity index (χ2n) is 6.55. The Kier molecular flexibility index (Phi) is 1.95. The Morgan fingerprint density at radius 3 is 2.06 bits per heavy atom. The highest BCUT2D eigenvalue weighted by molar-refractivity contribution is 9.10. The van der Waals surface area contributed by atoms with Crippen LogP contribution in [0.3, 0.4) is 0 Å². The first-order valence-electron chi connectivity index (χ1n) is 6.46. The van der Waals surface area contributed by atoms with Gasteiger partial charge in [-0.15, -0.1) is 0 Å². The first-order chi connectivity index (χ1) is 7.71. The Balaban J connectivity index is 2.10. The molecule has 3 rings (SSSR count). The standard InChI is InChI=1S/C16H21Br/c1-9-10(2)15(11(9)3)7-14(6)12(4)13(5)16(14,17)8-15/h2,7-8H2,1,3-6H3/t14-,15-,16+/m1/s1. The Hall–Kier alpha value is -0.300. The van der Waals surface area contributed by atoms with Crippen molar-refractivity contribution in [3.63, 3.8) is 0 Å². The molecule has 0 aromatic rings. The monoisotopic (exact) mass is 292 g/mol. The van der Waals surface area contributed by atoms with Crippen molar-refractivity contribution in [2.24, 2.45) is 10.8 Å². The molecule has 0 heterocycles. The highest BCUT2D eigenvalue weighted by Crippen LogP contribution is 2.77. The average Bonchev–Trinajstić information content (AvgIpc) is 2.56. The Morgan fingerprint density at radius 2 is 1.59 bits per heavy atom. The van der Waals surface area contributed by atoms with Crippen LogP contribution in [0.1, 0.15) is 47.5 Å². The SMILES string of the molecule is C=C1C(C)=C(C)[C@@]12C[C@]1(C)C(C)=C(C)[C@@]1(Br)C2. The van der Waals surface area contributed by atoms with Gasteiger partial charge in [0, 0.05) is 10.8 Å². The van der Waals surface area contributed by atoms with Crippen LogP contribution in [0.4, 0.5) is 0 Å². The Morgan fingerprint density at radius 1 is 1.00 bits per heavy atom. The number of alkyl halides is 1. The zero-order valence-corrected chi connectivity index (χ0v) is 13.1. The molecule has 17 heavy (non-hydrogen) atoms. The lowest BCUT2D eigenvalue weighted by Gasteiger charge is -2.52. The number of allylic oxidation sites excluding steroid dienone is 5. The van der Waals surface area contributed by atoms with E-state index < -0.39 is 0 Å². The lowest BCUT2D eigenvalue weighted by Crippen LogP contribution is -2.47. The van der Waals surface area contributed by atoms with Crippen LogP contribution < -0.4 is 0 Å². The Bertz CT molecular complexity index is 494. The summed E-state index contributed by atoms with van der Waals surface area (Å²) in [5.74, 6) is 0. The summed E-state index contributed by atoms with van der Waals surface area (Å²) in [7, 11) is 0. The van der Waals surface area contributed by atoms with Gasteiger partial charge < -0.3 is 0 Å². The highest BCUT2D eigenvalue weighted by atomic mass is 79.9. The molecule has 1 saturated carbocycles. The molecular weight excluding hydrogens is 272 g/mol. The van der Waals surface area contributed by atoms with Crippen molar-refractivity contribution in [2.45, 2.75) is 51.8 Å². The fourth-order valence-electron chi connectivity index (χ4n) is 4.63. The fourth-order valence-corrected chi connectivity index (χ4v) is 5.84. The first kappa shape index (κ1) is 11.8. The molecule has 1 spiro atoms. The van der Waals surface area contributed by atoms with Gasteiger partial charge in [0.05, 0.1) is 4.32 Å². The van der Waals surface area contributed by atoms with Crippen LogP contribution in [0, 0.1) is 10.8 Å². The van der Waals surface area contributed by atoms with Crippen molar-refractivity contribution in [3.05, 3.63) is 34.4 Å². The fraction of sp³-hybridized carbons (Fsp3) is 0.625. The van der Waals surface area contributed by atoms with Crippen molar-refractivity contribution in [3.8, 4) is 0 Å². The van der Waals surface area contributed by atoms with E-state index >= 15 is 0 Å². The van der Waals surface area contributed by atoms with Gasteiger partial charge in [-0.25, -0.2) is 0 Å². The molecule has 0 nitrogen and oxygen atoms in total. The maximum Gasteiger partial charge on any atom is 0.0568 e. The van der Waals surface area contributed by atoms with Crippen LogP contribution in [0.5, 0.6) is 0 Å². The number of fused-ring (bicyclic) bond motifs is 1. The summed E-state index contributed by atoms with van der Waals surface area (Å²) < 4.78 is 0.231. The van der Waals surface area contributed by atoms with Crippen LogP contribution in [0.2, 0.25) is 0 Å². The predicted octanol–water partition coefficient (Wildman–Crippen LogP) is 5.16. The minimum absolute atomic E-state index is 0.231. The van der Waals surface area contributed by atoms with Crippen LogP contribution in [-0.4, -0.2) is 4.32 Å². The number of rotatable bonds is 0. The zero-order chi connectivity index (χ0) is 12.8. The van der Waals surface area contributed by atoms with Crippen molar-refractivity contribution in [1.29, 1.82) is 0 Å². The lowest BCUT2D eigenvalue weighted by molar-refractivity contribution is 0.288. The third-order valence-electron chi connectivity index (χ3n) is 6.37. The second kappa shape index (κ2) is 2.82. The largest absolute Gasteiger partial charge is 0.0947 e. The third-order valence-corrected chi connectivity index (χ3v) is 8.12. The minimum Gasteiger partial charge on any atom is -0.0947 e. The van der Waals surface area contributed by atoms with Crippen LogP contribution in [-0.2, 0) is 0 Å². The van der Waals surface area contributed by atoms with Gasteiger partial charge in [-0.05, 0) is 51.7 Å². The molecule has 0 unspecified atom stereocenters. The summed E-state index contributed by atoms with van der Waals surface area (Å²) in [5.41, 5.74) is 8.20. The van der Waals surface area contributed by atoms with Gasteiger partial charge in [0.15, 0.2) is 0 Å². The van der Waals surface area contributed by atoms with E-state index in [9.17, 15) is 0 Å². The molecule has 0 aromatic heterocycles. The smallest absolute Gasteiger partial charge is 0.0568 e. The van der Waals surface area contributed by atoms with E-state index in [4.69, 9.17) is 0 Å². The van der Waals surface area contributed by atoms with Crippen LogP contribution in [0.15, 0.2) is 34.4 Å². The summed E-state index contributed by atoms with van der Waals surface area (Å²) >= 11 is 4.06. The van der Waals surface area contributed by atoms with Gasteiger partial charge in [0.1, 0.15) is 0 Å². The second-order valence-corrected chi connectivity index (χ2v) is 7.90. The van der Waals surface area contributed by atoms with E-state index in [1.54, 1.807) is 16.7 Å². The summed E-state index contributed by atoms with van der Waals surface area (Å²) in [4.78, 5) is 0. The summed E-state index contributed by atoms with van der Waals surface area (Å²) in [5, 5.41) is 0. The molecule has 0 radical (unpaired) electrons. The topological polar surface area (TPSA) is 0 Å². The minimum atomic E-state index is 0.231. The third kappa shape index (κ3) is 0.917. The molecule has 1 heteroatoms. The highest BCUT2D eigenvalue weighted by Gasteiger charge is 2.69. The van der Waals surface area contributed by atoms with Crippen molar-refractivity contribution < 1.29 is 0 Å². The van der Waals surface area contributed by atoms with Gasteiger partial charge in [-0.1, -0.05) is 46.2 Å². The quantitative estimate of drug-likeness (QED) is 0.427. The number of hydrogen-bond acceptors (Lipinski definition) is 0. The molecule has 3 atom stereocenters. The molecule has 3 aliphatic rings. The maximum atomic E-state index is 4.34. The summed E-state index contributed by atoms with van der Waals surface area (Å²) in [6, 6.07) is 0. The molecule has 0 saturated heterocycles. The van der Waals surface area contributed by atoms with Crippen LogP contribution >= 0.6 is 15.9 Å². The van der Waals surface area contributed by atoms with E-state index in [0.29, 0.717) is 10.8 Å². The van der Waals surface area contributed by atoms with Crippen molar-refractivity contribution >= 4 is 15.9 Å². The van der Waals surface area contributed by atoms with E-state index in [1.807, 2.05) is 0 Å². The molecule has 92 valence electrons. The van der Waals surface area contributed by atoms with Gasteiger partial charge >= 0.3 is 0 Å². The van der Waals surface area contributed by atoms with E-state index in [-0.39, 0.29) is 4.32 Å². The lowest BCUT2D eigenvalue weighted by atomic mass is 9.58. The molecule has 0 aromatic carbocycles. The predicted molar refractivity (Wildman–Crippen MR) is 77.3 cm³/mol. The number of hydrogen-bond donors (Lipinski definition) is 0. The molecule has 3 aliphatic carbocycles. The van der Waals surface area contributed by atoms with Crippen molar-refractivity contribution in [2.75, 3.05) is 0 Å². The summed E-state index contributed by atoms with van der Waals surface area (Å²) in [6.45, 7) is 15.9. The van der Waals surface area contributed by atoms with E-state index in [1.165, 1.54) is 24.0 Å². The molecule has 0 aliphatic heterocycles. The molecule has 0 amide bonds. The first-order valence-corrected chi connectivity index (χ1v) is 7.25.